The van der Waals surface area contributed by atoms with Gasteiger partial charge in [-0.05, 0) is 37.8 Å². The van der Waals surface area contributed by atoms with Crippen LogP contribution in [0.4, 0.5) is 0 Å². The van der Waals surface area contributed by atoms with E-state index in [1.165, 1.54) is 19.4 Å². The van der Waals surface area contributed by atoms with Gasteiger partial charge < -0.3 is 15.1 Å². The smallest absolute Gasteiger partial charge is 0.227 e. The molecule has 2 aliphatic heterocycles. The molecule has 1 N–H and O–H groups in total. The van der Waals surface area contributed by atoms with E-state index in [9.17, 15) is 4.79 Å². The van der Waals surface area contributed by atoms with E-state index in [2.05, 4.69) is 35.9 Å². The number of nitrogens with zero attached hydrogens (tertiary/aromatic N) is 2. The van der Waals surface area contributed by atoms with Gasteiger partial charge in [0, 0.05) is 32.7 Å². The third-order valence-corrected chi connectivity index (χ3v) is 4.46. The number of piperazine rings is 1. The van der Waals surface area contributed by atoms with Gasteiger partial charge in [0.05, 0.1) is 5.92 Å². The standard InChI is InChI=1S/C16H31N3O.ClH/c1-16(2,3)6-10-18-9-4-5-14(13-18)15(20)19-11-7-17-8-12-19;/h14,17H,4-13H2,1-3H3;1H. The second-order valence-corrected chi connectivity index (χ2v) is 7.53. The largest absolute Gasteiger partial charge is 0.340 e. The summed E-state index contributed by atoms with van der Waals surface area (Å²) in [6.45, 7) is 13.8. The minimum absolute atomic E-state index is 0. The number of hydrogen-bond acceptors (Lipinski definition) is 3. The number of halogens is 1. The average molecular weight is 318 g/mol. The fourth-order valence-electron chi connectivity index (χ4n) is 3.10. The van der Waals surface area contributed by atoms with Gasteiger partial charge in [-0.1, -0.05) is 20.8 Å². The van der Waals surface area contributed by atoms with E-state index >= 15 is 0 Å². The topological polar surface area (TPSA) is 35.6 Å². The zero-order valence-electron chi connectivity index (χ0n) is 13.9. The highest BCUT2D eigenvalue weighted by Gasteiger charge is 2.30. The zero-order chi connectivity index (χ0) is 14.6. The van der Waals surface area contributed by atoms with Crippen molar-refractivity contribution in [3.8, 4) is 0 Å². The SMILES string of the molecule is CC(C)(C)CCN1CCCC(C(=O)N2CCNCC2)C1.Cl. The number of carbonyl (C=O) groups is 1. The molecule has 4 nitrogen and oxygen atoms in total. The molecule has 1 amide bonds. The zero-order valence-corrected chi connectivity index (χ0v) is 14.7. The summed E-state index contributed by atoms with van der Waals surface area (Å²) in [5, 5.41) is 3.31. The van der Waals surface area contributed by atoms with Crippen LogP contribution in [0.25, 0.3) is 0 Å². The Balaban J connectivity index is 0.00000220. The molecule has 2 saturated heterocycles. The fourth-order valence-corrected chi connectivity index (χ4v) is 3.10. The van der Waals surface area contributed by atoms with Gasteiger partial charge in [0.2, 0.25) is 5.91 Å². The first-order chi connectivity index (χ1) is 9.46. The van der Waals surface area contributed by atoms with Gasteiger partial charge in [0.15, 0.2) is 0 Å². The molecule has 0 aromatic heterocycles. The summed E-state index contributed by atoms with van der Waals surface area (Å²) in [4.78, 5) is 17.1. The lowest BCUT2D eigenvalue weighted by molar-refractivity contribution is -0.138. The third-order valence-electron chi connectivity index (χ3n) is 4.46. The van der Waals surface area contributed by atoms with Crippen molar-refractivity contribution >= 4 is 18.3 Å². The second-order valence-electron chi connectivity index (χ2n) is 7.53. The summed E-state index contributed by atoms with van der Waals surface area (Å²) in [5.74, 6) is 0.633. The molecule has 0 saturated carbocycles. The molecule has 0 aromatic rings. The molecule has 2 fully saturated rings. The molecule has 0 bridgehead atoms. The first kappa shape index (κ1) is 18.7. The number of amides is 1. The number of piperidine rings is 1. The molecule has 0 spiro atoms. The average Bonchev–Trinajstić information content (AvgIpc) is 2.45. The lowest BCUT2D eigenvalue weighted by Gasteiger charge is -2.37. The van der Waals surface area contributed by atoms with Crippen molar-refractivity contribution in [3.63, 3.8) is 0 Å². The van der Waals surface area contributed by atoms with Gasteiger partial charge in [-0.3, -0.25) is 4.79 Å². The Bertz CT molecular complexity index is 324. The van der Waals surface area contributed by atoms with Crippen LogP contribution in [0.3, 0.4) is 0 Å². The molecule has 0 radical (unpaired) electrons. The van der Waals surface area contributed by atoms with Crippen molar-refractivity contribution in [3.05, 3.63) is 0 Å². The van der Waals surface area contributed by atoms with Crippen LogP contribution in [-0.2, 0) is 4.79 Å². The molecule has 0 aromatic carbocycles. The lowest BCUT2D eigenvalue weighted by atomic mass is 9.90. The molecule has 5 heteroatoms. The van der Waals surface area contributed by atoms with Crippen LogP contribution in [0, 0.1) is 11.3 Å². The Morgan fingerprint density at radius 1 is 1.19 bits per heavy atom. The summed E-state index contributed by atoms with van der Waals surface area (Å²) in [6.07, 6.45) is 3.46. The van der Waals surface area contributed by atoms with Crippen molar-refractivity contribution in [2.45, 2.75) is 40.0 Å². The molecule has 124 valence electrons. The van der Waals surface area contributed by atoms with E-state index in [1.807, 2.05) is 0 Å². The maximum Gasteiger partial charge on any atom is 0.227 e. The van der Waals surface area contributed by atoms with Crippen molar-refractivity contribution in [2.75, 3.05) is 45.8 Å². The Kier molecular flexibility index (Phi) is 7.45. The quantitative estimate of drug-likeness (QED) is 0.864. The Morgan fingerprint density at radius 3 is 2.48 bits per heavy atom. The molecule has 1 atom stereocenters. The summed E-state index contributed by atoms with van der Waals surface area (Å²) in [6, 6.07) is 0. The Hall–Kier alpha value is -0.320. The van der Waals surface area contributed by atoms with E-state index in [1.54, 1.807) is 0 Å². The van der Waals surface area contributed by atoms with Crippen molar-refractivity contribution in [2.24, 2.45) is 11.3 Å². The van der Waals surface area contributed by atoms with Crippen LogP contribution < -0.4 is 5.32 Å². The van der Waals surface area contributed by atoms with Crippen LogP contribution in [0.2, 0.25) is 0 Å². The van der Waals surface area contributed by atoms with Gasteiger partial charge >= 0.3 is 0 Å². The first-order valence-corrected chi connectivity index (χ1v) is 8.17. The summed E-state index contributed by atoms with van der Waals surface area (Å²) < 4.78 is 0. The highest BCUT2D eigenvalue weighted by Crippen LogP contribution is 2.23. The van der Waals surface area contributed by atoms with E-state index in [4.69, 9.17) is 0 Å². The number of nitrogens with one attached hydrogen (secondary N) is 1. The third kappa shape index (κ3) is 6.13. The Morgan fingerprint density at radius 2 is 1.86 bits per heavy atom. The molecule has 21 heavy (non-hydrogen) atoms. The predicted molar refractivity (Wildman–Crippen MR) is 89.9 cm³/mol. The minimum atomic E-state index is 0. The highest BCUT2D eigenvalue weighted by molar-refractivity contribution is 5.85. The van der Waals surface area contributed by atoms with Crippen molar-refractivity contribution in [1.82, 2.24) is 15.1 Å². The summed E-state index contributed by atoms with van der Waals surface area (Å²) in [5.41, 5.74) is 0.384. The second kappa shape index (κ2) is 8.35. The monoisotopic (exact) mass is 317 g/mol. The van der Waals surface area contributed by atoms with Crippen molar-refractivity contribution in [1.29, 1.82) is 0 Å². The normalized spacial score (nSPS) is 24.5. The van der Waals surface area contributed by atoms with Crippen LogP contribution in [-0.4, -0.2) is 61.5 Å². The first-order valence-electron chi connectivity index (χ1n) is 8.17. The predicted octanol–water partition coefficient (Wildman–Crippen LogP) is 1.99. The Labute approximate surface area is 136 Å². The summed E-state index contributed by atoms with van der Waals surface area (Å²) >= 11 is 0. The molecule has 2 aliphatic rings. The van der Waals surface area contributed by atoms with Gasteiger partial charge in [0.1, 0.15) is 0 Å². The van der Waals surface area contributed by atoms with Gasteiger partial charge in [0.25, 0.3) is 0 Å². The van der Waals surface area contributed by atoms with E-state index < -0.39 is 0 Å². The molecule has 2 rings (SSSR count). The minimum Gasteiger partial charge on any atom is -0.340 e. The summed E-state index contributed by atoms with van der Waals surface area (Å²) in [7, 11) is 0. The van der Waals surface area contributed by atoms with E-state index in [-0.39, 0.29) is 18.3 Å². The van der Waals surface area contributed by atoms with Gasteiger partial charge in [-0.2, -0.15) is 0 Å². The van der Waals surface area contributed by atoms with Gasteiger partial charge in [-0.25, -0.2) is 0 Å². The maximum atomic E-state index is 12.6. The lowest BCUT2D eigenvalue weighted by Crippen LogP contribution is -2.51. The number of hydrogen-bond donors (Lipinski definition) is 1. The molecule has 0 aliphatic carbocycles. The van der Waals surface area contributed by atoms with E-state index in [0.29, 0.717) is 11.3 Å². The highest BCUT2D eigenvalue weighted by atomic mass is 35.5. The van der Waals surface area contributed by atoms with Gasteiger partial charge in [-0.15, -0.1) is 12.4 Å². The van der Waals surface area contributed by atoms with Crippen LogP contribution in [0.15, 0.2) is 0 Å². The maximum absolute atomic E-state index is 12.6. The number of rotatable bonds is 3. The van der Waals surface area contributed by atoms with E-state index in [0.717, 1.165) is 45.7 Å². The fraction of sp³-hybridized carbons (Fsp3) is 0.938. The molecule has 1 unspecified atom stereocenters. The van der Waals surface area contributed by atoms with Crippen LogP contribution >= 0.6 is 12.4 Å². The van der Waals surface area contributed by atoms with Crippen LogP contribution in [0.5, 0.6) is 0 Å². The molecular formula is C16H32ClN3O. The number of likely N-dealkylation sites (tertiary alicyclic amines) is 1. The van der Waals surface area contributed by atoms with Crippen molar-refractivity contribution < 1.29 is 4.79 Å². The molecular weight excluding hydrogens is 286 g/mol. The molecule has 2 heterocycles. The van der Waals surface area contributed by atoms with Crippen LogP contribution in [0.1, 0.15) is 40.0 Å². The number of carbonyl (C=O) groups excluding carboxylic acids is 1.